The third-order valence-electron chi connectivity index (χ3n) is 1.89. The summed E-state index contributed by atoms with van der Waals surface area (Å²) in [6.45, 7) is -0.281. The number of terminal acetylenes is 1. The summed E-state index contributed by atoms with van der Waals surface area (Å²) < 4.78 is 51.9. The van der Waals surface area contributed by atoms with Gasteiger partial charge < -0.3 is 5.32 Å². The molecule has 0 bridgehead atoms. The van der Waals surface area contributed by atoms with Gasteiger partial charge in [-0.2, -0.15) is 0 Å². The molecule has 1 rings (SSSR count). The maximum atomic E-state index is 13.1. The fourth-order valence-corrected chi connectivity index (χ4v) is 1.11. The zero-order chi connectivity index (χ0) is 13.7. The Morgan fingerprint density at radius 3 is 2.28 bits per heavy atom. The van der Waals surface area contributed by atoms with Gasteiger partial charge in [-0.3, -0.25) is 10.1 Å². The topological polar surface area (TPSA) is 41.1 Å². The Kier molecular flexibility index (Phi) is 4.68. The second-order valence-corrected chi connectivity index (χ2v) is 3.20. The molecule has 1 amide bonds. The van der Waals surface area contributed by atoms with Crippen molar-refractivity contribution in [2.24, 2.45) is 0 Å². The van der Waals surface area contributed by atoms with Gasteiger partial charge in [0.2, 0.25) is 5.91 Å². The summed E-state index contributed by atoms with van der Waals surface area (Å²) in [5.41, 5.74) is -1.17. The molecular formula is C11H8F4N2O. The number of hydrogen-bond donors (Lipinski definition) is 2. The van der Waals surface area contributed by atoms with E-state index in [4.69, 9.17) is 6.42 Å². The molecule has 1 aromatic rings. The van der Waals surface area contributed by atoms with Crippen molar-refractivity contribution in [2.45, 2.75) is 0 Å². The number of benzene rings is 1. The van der Waals surface area contributed by atoms with E-state index in [1.165, 1.54) is 0 Å². The summed E-state index contributed by atoms with van der Waals surface area (Å²) >= 11 is 0. The van der Waals surface area contributed by atoms with Crippen molar-refractivity contribution in [3.63, 3.8) is 0 Å². The van der Waals surface area contributed by atoms with Crippen LogP contribution in [0.25, 0.3) is 0 Å². The first-order valence-electron chi connectivity index (χ1n) is 4.74. The van der Waals surface area contributed by atoms with Gasteiger partial charge in [0, 0.05) is 6.07 Å². The maximum absolute atomic E-state index is 13.1. The second kappa shape index (κ2) is 6.02. The number of nitrogens with one attached hydrogen (secondary N) is 2. The van der Waals surface area contributed by atoms with Crippen LogP contribution in [0.2, 0.25) is 0 Å². The third kappa shape index (κ3) is 3.21. The zero-order valence-electron chi connectivity index (χ0n) is 8.99. The van der Waals surface area contributed by atoms with Gasteiger partial charge in [-0.1, -0.05) is 5.92 Å². The van der Waals surface area contributed by atoms with Crippen molar-refractivity contribution >= 4 is 11.6 Å². The summed E-state index contributed by atoms with van der Waals surface area (Å²) in [4.78, 5) is 11.2. The summed E-state index contributed by atoms with van der Waals surface area (Å²) in [5, 5.41) is 4.16. The predicted octanol–water partition coefficient (Wildman–Crippen LogP) is 1.40. The summed E-state index contributed by atoms with van der Waals surface area (Å²) in [6, 6.07) is 0.0525. The Morgan fingerprint density at radius 2 is 1.78 bits per heavy atom. The average molecular weight is 260 g/mol. The molecular weight excluding hydrogens is 252 g/mol. The molecule has 96 valence electrons. The minimum absolute atomic E-state index is 0.0525. The van der Waals surface area contributed by atoms with Gasteiger partial charge in [0.25, 0.3) is 0 Å². The highest BCUT2D eigenvalue weighted by Gasteiger charge is 2.20. The minimum atomic E-state index is -1.67. The van der Waals surface area contributed by atoms with Gasteiger partial charge in [0.15, 0.2) is 23.3 Å². The molecule has 0 aliphatic rings. The predicted molar refractivity (Wildman–Crippen MR) is 56.6 cm³/mol. The number of anilines is 1. The first kappa shape index (κ1) is 14.0. The van der Waals surface area contributed by atoms with Crippen LogP contribution >= 0.6 is 0 Å². The SMILES string of the molecule is C#CCNCC(=O)Nc1c(F)c(F)cc(F)c1F. The molecule has 1 aromatic carbocycles. The Bertz CT molecular complexity index is 484. The number of halogens is 4. The molecule has 0 radical (unpaired) electrons. The molecule has 0 spiro atoms. The van der Waals surface area contributed by atoms with E-state index in [9.17, 15) is 22.4 Å². The van der Waals surface area contributed by atoms with Gasteiger partial charge >= 0.3 is 0 Å². The van der Waals surface area contributed by atoms with Crippen LogP contribution in [0.15, 0.2) is 6.07 Å². The Hall–Kier alpha value is -2.07. The third-order valence-corrected chi connectivity index (χ3v) is 1.89. The molecule has 0 saturated heterocycles. The highest BCUT2D eigenvalue weighted by Crippen LogP contribution is 2.23. The van der Waals surface area contributed by atoms with Crippen molar-refractivity contribution in [1.29, 1.82) is 0 Å². The van der Waals surface area contributed by atoms with E-state index >= 15 is 0 Å². The molecule has 18 heavy (non-hydrogen) atoms. The first-order valence-corrected chi connectivity index (χ1v) is 4.74. The maximum Gasteiger partial charge on any atom is 0.238 e. The van der Waals surface area contributed by atoms with Crippen LogP contribution in [-0.2, 0) is 4.79 Å². The lowest BCUT2D eigenvalue weighted by Crippen LogP contribution is -2.29. The Balaban J connectivity index is 2.85. The molecule has 0 unspecified atom stereocenters. The quantitative estimate of drug-likeness (QED) is 0.372. The lowest BCUT2D eigenvalue weighted by Gasteiger charge is -2.08. The fraction of sp³-hybridized carbons (Fsp3) is 0.182. The summed E-state index contributed by atoms with van der Waals surface area (Å²) in [5.74, 6) is -5.24. The standard InChI is InChI=1S/C11H8F4N2O/c1-2-3-16-5-8(18)17-11-9(14)6(12)4-7(13)10(11)15/h1,4,16H,3,5H2,(H,17,18). The summed E-state index contributed by atoms with van der Waals surface area (Å²) in [7, 11) is 0. The average Bonchev–Trinajstić information content (AvgIpc) is 2.32. The largest absolute Gasteiger partial charge is 0.320 e. The number of carbonyl (C=O) groups excluding carboxylic acids is 1. The minimum Gasteiger partial charge on any atom is -0.320 e. The number of hydrogen-bond acceptors (Lipinski definition) is 2. The van der Waals surface area contributed by atoms with Gasteiger partial charge in [0.1, 0.15) is 5.69 Å². The molecule has 0 fully saturated rings. The number of carbonyl (C=O) groups is 1. The molecule has 2 N–H and O–H groups in total. The monoisotopic (exact) mass is 260 g/mol. The molecule has 0 aromatic heterocycles. The van der Waals surface area contributed by atoms with Crippen molar-refractivity contribution in [1.82, 2.24) is 5.32 Å². The van der Waals surface area contributed by atoms with Crippen molar-refractivity contribution in [3.8, 4) is 12.3 Å². The molecule has 3 nitrogen and oxygen atoms in total. The van der Waals surface area contributed by atoms with Gasteiger partial charge in [-0.15, -0.1) is 6.42 Å². The van der Waals surface area contributed by atoms with Crippen LogP contribution in [0.3, 0.4) is 0 Å². The Labute approximate surface area is 100 Å². The van der Waals surface area contributed by atoms with E-state index in [0.717, 1.165) is 0 Å². The first-order chi connectivity index (χ1) is 8.47. The van der Waals surface area contributed by atoms with E-state index in [1.54, 1.807) is 5.32 Å². The molecule has 0 aliphatic carbocycles. The normalized spacial score (nSPS) is 9.94. The fourth-order valence-electron chi connectivity index (χ4n) is 1.11. The van der Waals surface area contributed by atoms with Crippen molar-refractivity contribution < 1.29 is 22.4 Å². The van der Waals surface area contributed by atoms with E-state index in [0.29, 0.717) is 0 Å². The molecule has 0 atom stereocenters. The summed E-state index contributed by atoms with van der Waals surface area (Å²) in [6.07, 6.45) is 4.89. The second-order valence-electron chi connectivity index (χ2n) is 3.20. The lowest BCUT2D eigenvalue weighted by atomic mass is 10.2. The van der Waals surface area contributed by atoms with Gasteiger partial charge in [-0.25, -0.2) is 17.6 Å². The molecule has 7 heteroatoms. The van der Waals surface area contributed by atoms with Crippen LogP contribution in [0.1, 0.15) is 0 Å². The Morgan fingerprint density at radius 1 is 1.22 bits per heavy atom. The van der Waals surface area contributed by atoms with Gasteiger partial charge in [0.05, 0.1) is 13.1 Å². The van der Waals surface area contributed by atoms with E-state index in [-0.39, 0.29) is 19.2 Å². The van der Waals surface area contributed by atoms with Crippen LogP contribution in [0.4, 0.5) is 23.2 Å². The van der Waals surface area contributed by atoms with Crippen molar-refractivity contribution in [3.05, 3.63) is 29.3 Å². The molecule has 0 heterocycles. The van der Waals surface area contributed by atoms with E-state index < -0.39 is 34.9 Å². The molecule has 0 aliphatic heterocycles. The van der Waals surface area contributed by atoms with Crippen LogP contribution < -0.4 is 10.6 Å². The van der Waals surface area contributed by atoms with Crippen LogP contribution in [-0.4, -0.2) is 19.0 Å². The van der Waals surface area contributed by atoms with Crippen LogP contribution in [0.5, 0.6) is 0 Å². The lowest BCUT2D eigenvalue weighted by molar-refractivity contribution is -0.115. The van der Waals surface area contributed by atoms with Crippen molar-refractivity contribution in [2.75, 3.05) is 18.4 Å². The zero-order valence-corrected chi connectivity index (χ0v) is 8.99. The highest BCUT2D eigenvalue weighted by atomic mass is 19.2. The smallest absolute Gasteiger partial charge is 0.238 e. The van der Waals surface area contributed by atoms with Gasteiger partial charge in [-0.05, 0) is 0 Å². The number of rotatable bonds is 4. The van der Waals surface area contributed by atoms with E-state index in [1.807, 2.05) is 0 Å². The van der Waals surface area contributed by atoms with E-state index in [2.05, 4.69) is 11.2 Å². The van der Waals surface area contributed by atoms with Crippen LogP contribution in [0, 0.1) is 35.6 Å². The number of amides is 1. The molecule has 0 saturated carbocycles. The highest BCUT2D eigenvalue weighted by molar-refractivity contribution is 5.92.